The third-order valence-corrected chi connectivity index (χ3v) is 3.72. The van der Waals surface area contributed by atoms with Crippen molar-refractivity contribution in [1.29, 1.82) is 0 Å². The number of nitrogens with one attached hydrogen (secondary N) is 2. The van der Waals surface area contributed by atoms with Gasteiger partial charge in [-0.25, -0.2) is 0 Å². The van der Waals surface area contributed by atoms with E-state index in [1.54, 1.807) is 6.20 Å². The van der Waals surface area contributed by atoms with Crippen LogP contribution >= 0.6 is 0 Å². The molecule has 0 aliphatic carbocycles. The molecule has 0 fully saturated rings. The Labute approximate surface area is 135 Å². The number of hydrogen-bond donors (Lipinski definition) is 2. The van der Waals surface area contributed by atoms with Gasteiger partial charge in [0.15, 0.2) is 0 Å². The molecular formula is C19H19N3O. The van der Waals surface area contributed by atoms with Gasteiger partial charge in [-0.05, 0) is 30.7 Å². The summed E-state index contributed by atoms with van der Waals surface area (Å²) in [6, 6.07) is 17.7. The summed E-state index contributed by atoms with van der Waals surface area (Å²) in [4.78, 5) is 16.4. The van der Waals surface area contributed by atoms with Crippen LogP contribution in [0, 0.1) is 6.92 Å². The second kappa shape index (κ2) is 6.92. The zero-order chi connectivity index (χ0) is 16.1. The van der Waals surface area contributed by atoms with Crippen LogP contribution in [0.15, 0.2) is 60.8 Å². The molecule has 1 amide bonds. The molecule has 116 valence electrons. The van der Waals surface area contributed by atoms with E-state index in [0.717, 1.165) is 27.8 Å². The number of aryl methyl sites for hydroxylation is 1. The number of benzene rings is 2. The van der Waals surface area contributed by atoms with E-state index in [9.17, 15) is 4.79 Å². The number of fused-ring (bicyclic) bond motifs is 1. The van der Waals surface area contributed by atoms with Crippen molar-refractivity contribution >= 4 is 28.2 Å². The highest BCUT2D eigenvalue weighted by Gasteiger charge is 2.05. The molecule has 0 spiro atoms. The molecular weight excluding hydrogens is 286 g/mol. The predicted octanol–water partition coefficient (Wildman–Crippen LogP) is 3.98. The molecule has 0 atom stereocenters. The highest BCUT2D eigenvalue weighted by Crippen LogP contribution is 2.20. The lowest BCUT2D eigenvalue weighted by atomic mass is 10.2. The van der Waals surface area contributed by atoms with E-state index in [0.29, 0.717) is 13.0 Å². The van der Waals surface area contributed by atoms with Gasteiger partial charge < -0.3 is 10.6 Å². The van der Waals surface area contributed by atoms with Crippen LogP contribution in [-0.4, -0.2) is 17.4 Å². The van der Waals surface area contributed by atoms with Gasteiger partial charge in [-0.15, -0.1) is 0 Å². The average Bonchev–Trinajstić information content (AvgIpc) is 2.57. The van der Waals surface area contributed by atoms with Crippen molar-refractivity contribution in [3.05, 3.63) is 66.4 Å². The molecule has 23 heavy (non-hydrogen) atoms. The molecule has 4 heteroatoms. The van der Waals surface area contributed by atoms with Crippen LogP contribution < -0.4 is 10.6 Å². The van der Waals surface area contributed by atoms with Gasteiger partial charge in [0, 0.05) is 30.2 Å². The molecule has 1 heterocycles. The summed E-state index contributed by atoms with van der Waals surface area (Å²) < 4.78 is 0. The Morgan fingerprint density at radius 2 is 1.78 bits per heavy atom. The van der Waals surface area contributed by atoms with Crippen LogP contribution in [0.3, 0.4) is 0 Å². The normalized spacial score (nSPS) is 10.5. The maximum absolute atomic E-state index is 12.1. The standard InChI is InChI=1S/C19H19N3O/c1-14-6-2-3-9-16(14)22-18(23)11-13-20-17-10-4-7-15-8-5-12-21-19(15)17/h2-10,12,20H,11,13H2,1H3,(H,22,23). The third kappa shape index (κ3) is 3.66. The molecule has 0 saturated heterocycles. The van der Waals surface area contributed by atoms with Crippen molar-refractivity contribution < 1.29 is 4.79 Å². The number of amides is 1. The number of aromatic nitrogens is 1. The molecule has 0 unspecified atom stereocenters. The Morgan fingerprint density at radius 3 is 2.65 bits per heavy atom. The number of carbonyl (C=O) groups is 1. The fourth-order valence-electron chi connectivity index (χ4n) is 2.48. The summed E-state index contributed by atoms with van der Waals surface area (Å²) in [5, 5.41) is 7.32. The molecule has 2 aromatic carbocycles. The smallest absolute Gasteiger partial charge is 0.226 e. The van der Waals surface area contributed by atoms with Crippen LogP contribution in [0.1, 0.15) is 12.0 Å². The second-order valence-corrected chi connectivity index (χ2v) is 5.42. The Morgan fingerprint density at radius 1 is 1.00 bits per heavy atom. The average molecular weight is 305 g/mol. The minimum atomic E-state index is -0.00000383. The lowest BCUT2D eigenvalue weighted by molar-refractivity contribution is -0.115. The van der Waals surface area contributed by atoms with Gasteiger partial charge in [0.1, 0.15) is 0 Å². The van der Waals surface area contributed by atoms with Crippen LogP contribution in [0.2, 0.25) is 0 Å². The first kappa shape index (κ1) is 15.0. The molecule has 4 nitrogen and oxygen atoms in total. The van der Waals surface area contributed by atoms with Crippen molar-refractivity contribution in [3.63, 3.8) is 0 Å². The van der Waals surface area contributed by atoms with Gasteiger partial charge in [0.25, 0.3) is 0 Å². The number of para-hydroxylation sites is 2. The van der Waals surface area contributed by atoms with Gasteiger partial charge in [0.2, 0.25) is 5.91 Å². The topological polar surface area (TPSA) is 54.0 Å². The number of carbonyl (C=O) groups excluding carboxylic acids is 1. The molecule has 0 aliphatic heterocycles. The predicted molar refractivity (Wildman–Crippen MR) is 94.7 cm³/mol. The SMILES string of the molecule is Cc1ccccc1NC(=O)CCNc1cccc2cccnc12. The van der Waals surface area contributed by atoms with Gasteiger partial charge in [0.05, 0.1) is 11.2 Å². The quantitative estimate of drug-likeness (QED) is 0.749. The summed E-state index contributed by atoms with van der Waals surface area (Å²) in [5.41, 5.74) is 3.80. The molecule has 0 bridgehead atoms. The number of rotatable bonds is 5. The first-order valence-electron chi connectivity index (χ1n) is 7.67. The Balaban J connectivity index is 1.58. The van der Waals surface area contributed by atoms with Crippen molar-refractivity contribution in [3.8, 4) is 0 Å². The van der Waals surface area contributed by atoms with Crippen LogP contribution in [0.5, 0.6) is 0 Å². The molecule has 0 radical (unpaired) electrons. The van der Waals surface area contributed by atoms with E-state index < -0.39 is 0 Å². The van der Waals surface area contributed by atoms with E-state index in [-0.39, 0.29) is 5.91 Å². The minimum Gasteiger partial charge on any atom is -0.383 e. The van der Waals surface area contributed by atoms with Crippen LogP contribution in [-0.2, 0) is 4.79 Å². The number of pyridine rings is 1. The monoisotopic (exact) mass is 305 g/mol. The largest absolute Gasteiger partial charge is 0.383 e. The first-order valence-corrected chi connectivity index (χ1v) is 7.67. The Kier molecular flexibility index (Phi) is 4.52. The maximum atomic E-state index is 12.1. The number of nitrogens with zero attached hydrogens (tertiary/aromatic N) is 1. The highest BCUT2D eigenvalue weighted by molar-refractivity contribution is 5.92. The van der Waals surface area contributed by atoms with Crippen LogP contribution in [0.4, 0.5) is 11.4 Å². The van der Waals surface area contributed by atoms with Gasteiger partial charge >= 0.3 is 0 Å². The van der Waals surface area contributed by atoms with Crippen molar-refractivity contribution in [1.82, 2.24) is 4.98 Å². The summed E-state index contributed by atoms with van der Waals surface area (Å²) >= 11 is 0. The Hall–Kier alpha value is -2.88. The molecule has 0 aliphatic rings. The third-order valence-electron chi connectivity index (χ3n) is 3.72. The summed E-state index contributed by atoms with van der Waals surface area (Å²) in [7, 11) is 0. The van der Waals surface area contributed by atoms with Crippen LogP contribution in [0.25, 0.3) is 10.9 Å². The second-order valence-electron chi connectivity index (χ2n) is 5.42. The summed E-state index contributed by atoms with van der Waals surface area (Å²) in [6.45, 7) is 2.54. The van der Waals surface area contributed by atoms with E-state index >= 15 is 0 Å². The Bertz CT molecular complexity index is 824. The highest BCUT2D eigenvalue weighted by atomic mass is 16.1. The van der Waals surface area contributed by atoms with E-state index in [1.807, 2.05) is 61.5 Å². The lowest BCUT2D eigenvalue weighted by Crippen LogP contribution is -2.16. The van der Waals surface area contributed by atoms with Crippen molar-refractivity contribution in [2.24, 2.45) is 0 Å². The molecule has 2 N–H and O–H groups in total. The first-order chi connectivity index (χ1) is 11.2. The minimum absolute atomic E-state index is 0.00000383. The molecule has 0 saturated carbocycles. The summed E-state index contributed by atoms with van der Waals surface area (Å²) in [5.74, 6) is -0.00000383. The zero-order valence-corrected chi connectivity index (χ0v) is 13.0. The fourth-order valence-corrected chi connectivity index (χ4v) is 2.48. The summed E-state index contributed by atoms with van der Waals surface area (Å²) in [6.07, 6.45) is 2.18. The molecule has 3 aromatic rings. The number of anilines is 2. The lowest BCUT2D eigenvalue weighted by Gasteiger charge is -2.10. The van der Waals surface area contributed by atoms with Crippen molar-refractivity contribution in [2.45, 2.75) is 13.3 Å². The van der Waals surface area contributed by atoms with E-state index in [2.05, 4.69) is 15.6 Å². The number of hydrogen-bond acceptors (Lipinski definition) is 3. The van der Waals surface area contributed by atoms with E-state index in [4.69, 9.17) is 0 Å². The van der Waals surface area contributed by atoms with Gasteiger partial charge in [-0.3, -0.25) is 9.78 Å². The molecule has 1 aromatic heterocycles. The van der Waals surface area contributed by atoms with E-state index in [1.165, 1.54) is 0 Å². The maximum Gasteiger partial charge on any atom is 0.226 e. The zero-order valence-electron chi connectivity index (χ0n) is 13.0. The molecule has 3 rings (SSSR count). The fraction of sp³-hybridized carbons (Fsp3) is 0.158. The van der Waals surface area contributed by atoms with Gasteiger partial charge in [-0.1, -0.05) is 36.4 Å². The van der Waals surface area contributed by atoms with Crippen molar-refractivity contribution in [2.75, 3.05) is 17.2 Å². The van der Waals surface area contributed by atoms with Gasteiger partial charge in [-0.2, -0.15) is 0 Å².